The first-order valence-corrected chi connectivity index (χ1v) is 6.25. The highest BCUT2D eigenvalue weighted by molar-refractivity contribution is 5.54. The summed E-state index contributed by atoms with van der Waals surface area (Å²) in [6, 6.07) is 7.37. The van der Waals surface area contributed by atoms with Gasteiger partial charge in [0, 0.05) is 31.8 Å². The van der Waals surface area contributed by atoms with Crippen molar-refractivity contribution in [1.82, 2.24) is 15.3 Å². The molecule has 2 rings (SSSR count). The topological polar surface area (TPSA) is 67.0 Å². The van der Waals surface area contributed by atoms with Crippen LogP contribution in [0.4, 0.5) is 4.39 Å². The lowest BCUT2D eigenvalue weighted by atomic mass is 10.2. The Balaban J connectivity index is 2.18. The van der Waals surface area contributed by atoms with E-state index >= 15 is 0 Å². The molecule has 1 aromatic heterocycles. The van der Waals surface area contributed by atoms with Gasteiger partial charge in [-0.15, -0.1) is 0 Å². The van der Waals surface area contributed by atoms with Crippen molar-refractivity contribution in [3.63, 3.8) is 0 Å². The largest absolute Gasteiger partial charge is 0.383 e. The van der Waals surface area contributed by atoms with Crippen molar-refractivity contribution in [3.8, 4) is 11.4 Å². The lowest BCUT2D eigenvalue weighted by Gasteiger charge is -2.06. The quantitative estimate of drug-likeness (QED) is 0.781. The van der Waals surface area contributed by atoms with Crippen LogP contribution in [0.15, 0.2) is 35.1 Å². The van der Waals surface area contributed by atoms with Crippen molar-refractivity contribution in [2.45, 2.75) is 6.54 Å². The molecular weight excluding hydrogens is 261 g/mol. The van der Waals surface area contributed by atoms with Gasteiger partial charge in [0.1, 0.15) is 11.6 Å². The van der Waals surface area contributed by atoms with Crippen molar-refractivity contribution in [2.75, 3.05) is 20.3 Å². The molecule has 0 radical (unpaired) electrons. The third-order valence-electron chi connectivity index (χ3n) is 2.68. The van der Waals surface area contributed by atoms with E-state index in [1.807, 2.05) is 0 Å². The van der Waals surface area contributed by atoms with Gasteiger partial charge in [-0.1, -0.05) is 12.1 Å². The van der Waals surface area contributed by atoms with Crippen LogP contribution in [0.3, 0.4) is 0 Å². The average molecular weight is 277 g/mol. The summed E-state index contributed by atoms with van der Waals surface area (Å²) in [6.07, 6.45) is 0. The van der Waals surface area contributed by atoms with Gasteiger partial charge in [-0.3, -0.25) is 4.79 Å². The number of benzene rings is 1. The van der Waals surface area contributed by atoms with Crippen LogP contribution in [-0.2, 0) is 11.3 Å². The maximum Gasteiger partial charge on any atom is 0.251 e. The number of hydrogen-bond donors (Lipinski definition) is 2. The first-order chi connectivity index (χ1) is 9.69. The van der Waals surface area contributed by atoms with E-state index in [0.717, 1.165) is 0 Å². The van der Waals surface area contributed by atoms with Gasteiger partial charge in [0.05, 0.1) is 12.3 Å². The molecule has 0 unspecified atom stereocenters. The fourth-order valence-corrected chi connectivity index (χ4v) is 1.76. The number of nitrogens with zero attached hydrogens (tertiary/aromatic N) is 1. The van der Waals surface area contributed by atoms with E-state index in [9.17, 15) is 9.18 Å². The number of methoxy groups -OCH3 is 1. The normalized spacial score (nSPS) is 10.7. The van der Waals surface area contributed by atoms with Gasteiger partial charge < -0.3 is 15.0 Å². The number of aromatic nitrogens is 2. The lowest BCUT2D eigenvalue weighted by molar-refractivity contribution is 0.199. The van der Waals surface area contributed by atoms with E-state index in [-0.39, 0.29) is 11.4 Å². The zero-order chi connectivity index (χ0) is 14.4. The Bertz CT molecular complexity index is 628. The van der Waals surface area contributed by atoms with Crippen molar-refractivity contribution >= 4 is 0 Å². The van der Waals surface area contributed by atoms with Gasteiger partial charge >= 0.3 is 0 Å². The number of halogens is 1. The molecule has 0 atom stereocenters. The van der Waals surface area contributed by atoms with Crippen LogP contribution < -0.4 is 10.9 Å². The minimum atomic E-state index is -0.367. The second-order valence-electron chi connectivity index (χ2n) is 4.27. The molecule has 1 heterocycles. The van der Waals surface area contributed by atoms with Crippen LogP contribution >= 0.6 is 0 Å². The Morgan fingerprint density at radius 2 is 2.25 bits per heavy atom. The molecule has 0 saturated heterocycles. The van der Waals surface area contributed by atoms with Crippen LogP contribution in [0, 0.1) is 5.82 Å². The van der Waals surface area contributed by atoms with Crippen LogP contribution in [0.2, 0.25) is 0 Å². The van der Waals surface area contributed by atoms with E-state index in [2.05, 4.69) is 15.3 Å². The Morgan fingerprint density at radius 1 is 1.40 bits per heavy atom. The molecule has 0 saturated carbocycles. The number of ether oxygens (including phenoxy) is 1. The first kappa shape index (κ1) is 14.4. The van der Waals surface area contributed by atoms with E-state index in [1.54, 1.807) is 19.2 Å². The second kappa shape index (κ2) is 6.93. The third kappa shape index (κ3) is 3.97. The molecular formula is C14H16FN3O2. The van der Waals surface area contributed by atoms with Gasteiger partial charge in [0.25, 0.3) is 5.56 Å². The summed E-state index contributed by atoms with van der Waals surface area (Å²) < 4.78 is 18.1. The number of hydrogen-bond acceptors (Lipinski definition) is 4. The zero-order valence-electron chi connectivity index (χ0n) is 11.1. The highest BCUT2D eigenvalue weighted by atomic mass is 19.1. The van der Waals surface area contributed by atoms with Crippen LogP contribution in [0.5, 0.6) is 0 Å². The Hall–Kier alpha value is -2.05. The molecule has 0 spiro atoms. The number of H-pyrrole nitrogens is 1. The summed E-state index contributed by atoms with van der Waals surface area (Å²) in [5, 5.41) is 3.11. The standard InChI is InChI=1S/C14H16FN3O2/c1-20-6-5-16-9-12-8-13(19)18-14(17-12)10-3-2-4-11(15)7-10/h2-4,7-8,16H,5-6,9H2,1H3,(H,17,18,19). The highest BCUT2D eigenvalue weighted by Gasteiger charge is 2.05. The Kier molecular flexibility index (Phi) is 4.97. The van der Waals surface area contributed by atoms with Crippen LogP contribution in [-0.4, -0.2) is 30.2 Å². The van der Waals surface area contributed by atoms with Crippen molar-refractivity contribution in [2.24, 2.45) is 0 Å². The molecule has 0 aliphatic heterocycles. The second-order valence-corrected chi connectivity index (χ2v) is 4.27. The van der Waals surface area contributed by atoms with Crippen molar-refractivity contribution in [1.29, 1.82) is 0 Å². The Morgan fingerprint density at radius 3 is 3.00 bits per heavy atom. The fraction of sp³-hybridized carbons (Fsp3) is 0.286. The van der Waals surface area contributed by atoms with E-state index in [1.165, 1.54) is 18.2 Å². The molecule has 0 amide bonds. The smallest absolute Gasteiger partial charge is 0.251 e. The van der Waals surface area contributed by atoms with Gasteiger partial charge in [-0.25, -0.2) is 9.37 Å². The molecule has 20 heavy (non-hydrogen) atoms. The molecule has 0 fully saturated rings. The van der Waals surface area contributed by atoms with Crippen LogP contribution in [0.1, 0.15) is 5.69 Å². The SMILES string of the molecule is COCCNCc1cc(=O)[nH]c(-c2cccc(F)c2)n1. The number of aromatic amines is 1. The molecule has 0 aliphatic rings. The molecule has 0 bridgehead atoms. The molecule has 5 nitrogen and oxygen atoms in total. The van der Waals surface area contributed by atoms with Crippen LogP contribution in [0.25, 0.3) is 11.4 Å². The summed E-state index contributed by atoms with van der Waals surface area (Å²) in [7, 11) is 1.62. The molecule has 2 N–H and O–H groups in total. The fourth-order valence-electron chi connectivity index (χ4n) is 1.76. The summed E-state index contributed by atoms with van der Waals surface area (Å²) in [5.74, 6) is -0.00527. The molecule has 1 aromatic carbocycles. The minimum absolute atomic E-state index is 0.261. The van der Waals surface area contributed by atoms with E-state index < -0.39 is 0 Å². The van der Waals surface area contributed by atoms with E-state index in [4.69, 9.17) is 4.74 Å². The van der Waals surface area contributed by atoms with Gasteiger partial charge in [-0.2, -0.15) is 0 Å². The van der Waals surface area contributed by atoms with Gasteiger partial charge in [-0.05, 0) is 12.1 Å². The zero-order valence-corrected chi connectivity index (χ0v) is 11.1. The summed E-state index contributed by atoms with van der Waals surface area (Å²) in [6.45, 7) is 1.70. The average Bonchev–Trinajstić information content (AvgIpc) is 2.43. The Labute approximate surface area is 115 Å². The maximum absolute atomic E-state index is 13.2. The minimum Gasteiger partial charge on any atom is -0.383 e. The van der Waals surface area contributed by atoms with Gasteiger partial charge in [0.2, 0.25) is 0 Å². The number of nitrogens with one attached hydrogen (secondary N) is 2. The highest BCUT2D eigenvalue weighted by Crippen LogP contribution is 2.14. The summed E-state index contributed by atoms with van der Waals surface area (Å²) in [4.78, 5) is 18.5. The van der Waals surface area contributed by atoms with Gasteiger partial charge in [0.15, 0.2) is 0 Å². The summed E-state index contributed by atoms with van der Waals surface area (Å²) >= 11 is 0. The predicted octanol–water partition coefficient (Wildman–Crippen LogP) is 1.31. The monoisotopic (exact) mass is 277 g/mol. The van der Waals surface area contributed by atoms with Crippen molar-refractivity contribution < 1.29 is 9.13 Å². The molecule has 106 valence electrons. The lowest BCUT2D eigenvalue weighted by Crippen LogP contribution is -2.21. The third-order valence-corrected chi connectivity index (χ3v) is 2.68. The molecule has 2 aromatic rings. The molecule has 6 heteroatoms. The number of rotatable bonds is 6. The van der Waals surface area contributed by atoms with Crippen molar-refractivity contribution in [3.05, 3.63) is 52.2 Å². The summed E-state index contributed by atoms with van der Waals surface area (Å²) in [5.41, 5.74) is 0.882. The van der Waals surface area contributed by atoms with E-state index in [0.29, 0.717) is 36.8 Å². The molecule has 0 aliphatic carbocycles. The predicted molar refractivity (Wildman–Crippen MR) is 73.8 cm³/mol. The first-order valence-electron chi connectivity index (χ1n) is 6.25. The maximum atomic E-state index is 13.2.